The molecule has 0 unspecified atom stereocenters. The van der Waals surface area contributed by atoms with Crippen LogP contribution in [-0.4, -0.2) is 32.2 Å². The summed E-state index contributed by atoms with van der Waals surface area (Å²) in [6.07, 6.45) is -0.739. The van der Waals surface area contributed by atoms with Crippen LogP contribution in [0.5, 0.6) is 5.75 Å². The summed E-state index contributed by atoms with van der Waals surface area (Å²) < 4.78 is 5.39. The van der Waals surface area contributed by atoms with E-state index in [1.165, 1.54) is 0 Å². The fourth-order valence-corrected chi connectivity index (χ4v) is 3.94. The van der Waals surface area contributed by atoms with E-state index >= 15 is 0 Å². The normalized spacial score (nSPS) is 10.5. The van der Waals surface area contributed by atoms with Crippen LogP contribution in [0.25, 0.3) is 21.8 Å². The van der Waals surface area contributed by atoms with Gasteiger partial charge < -0.3 is 19.9 Å². The van der Waals surface area contributed by atoms with Gasteiger partial charge in [-0.1, -0.05) is 54.6 Å². The van der Waals surface area contributed by atoms with Gasteiger partial charge in [0.2, 0.25) is 5.75 Å². The number of carbonyl (C=O) groups excluding carboxylic acids is 1. The first-order chi connectivity index (χ1) is 15.9. The standard InChI is InChI=1S/C23H17N3O6S/c27-18-17(22(29)30)25-20(26-21(18)28)19-16(10-11-33-19)24-23(31)32-12-14-8-4-5-9-15(14)13-6-2-1-3-7-13/h1-11,27H,12H2,(H,24,31)(H,29,30)(H,25,26,28). The lowest BCUT2D eigenvalue weighted by atomic mass is 10.0. The van der Waals surface area contributed by atoms with Crippen molar-refractivity contribution < 1.29 is 24.5 Å². The summed E-state index contributed by atoms with van der Waals surface area (Å²) in [5.74, 6) is -2.65. The summed E-state index contributed by atoms with van der Waals surface area (Å²) in [7, 11) is 0. The number of nitrogens with one attached hydrogen (secondary N) is 2. The van der Waals surface area contributed by atoms with E-state index in [0.717, 1.165) is 28.0 Å². The van der Waals surface area contributed by atoms with Crippen molar-refractivity contribution in [3.8, 4) is 27.6 Å². The number of aromatic carboxylic acids is 1. The second-order valence-corrected chi connectivity index (χ2v) is 7.72. The second-order valence-electron chi connectivity index (χ2n) is 6.80. The van der Waals surface area contributed by atoms with Crippen molar-refractivity contribution in [1.82, 2.24) is 9.97 Å². The molecule has 9 nitrogen and oxygen atoms in total. The number of benzene rings is 2. The van der Waals surface area contributed by atoms with E-state index < -0.39 is 29.1 Å². The van der Waals surface area contributed by atoms with Crippen LogP contribution in [0, 0.1) is 0 Å². The summed E-state index contributed by atoms with van der Waals surface area (Å²) in [5, 5.41) is 23.0. The molecule has 166 valence electrons. The summed E-state index contributed by atoms with van der Waals surface area (Å²) in [4.78, 5) is 42.0. The molecule has 1 amide bonds. The molecule has 0 saturated heterocycles. The summed E-state index contributed by atoms with van der Waals surface area (Å²) in [5.41, 5.74) is 1.24. The summed E-state index contributed by atoms with van der Waals surface area (Å²) in [6, 6.07) is 18.8. The number of aromatic amines is 1. The first-order valence-corrected chi connectivity index (χ1v) is 10.5. The number of aromatic hydroxyl groups is 1. The quantitative estimate of drug-likeness (QED) is 0.334. The lowest BCUT2D eigenvalue weighted by Crippen LogP contribution is -2.16. The molecule has 0 aliphatic carbocycles. The zero-order valence-electron chi connectivity index (χ0n) is 16.9. The van der Waals surface area contributed by atoms with Gasteiger partial charge in [-0.25, -0.2) is 14.6 Å². The number of nitrogens with zero attached hydrogens (tertiary/aromatic N) is 1. The van der Waals surface area contributed by atoms with Crippen molar-refractivity contribution in [3.63, 3.8) is 0 Å². The summed E-state index contributed by atoms with van der Waals surface area (Å²) >= 11 is 1.12. The number of aromatic nitrogens is 2. The van der Waals surface area contributed by atoms with Crippen LogP contribution >= 0.6 is 11.3 Å². The highest BCUT2D eigenvalue weighted by Gasteiger charge is 2.20. The minimum atomic E-state index is -1.55. The van der Waals surface area contributed by atoms with Crippen molar-refractivity contribution in [2.45, 2.75) is 6.61 Å². The fourth-order valence-electron chi connectivity index (χ4n) is 3.15. The van der Waals surface area contributed by atoms with Gasteiger partial charge in [-0.3, -0.25) is 10.1 Å². The minimum absolute atomic E-state index is 0.0217. The molecule has 0 fully saturated rings. The van der Waals surface area contributed by atoms with Crippen LogP contribution in [0.15, 0.2) is 70.8 Å². The number of rotatable bonds is 6. The maximum Gasteiger partial charge on any atom is 0.412 e. The Balaban J connectivity index is 1.51. The van der Waals surface area contributed by atoms with Gasteiger partial charge in [-0.05, 0) is 28.1 Å². The van der Waals surface area contributed by atoms with E-state index in [2.05, 4.69) is 15.3 Å². The number of amides is 1. The van der Waals surface area contributed by atoms with Gasteiger partial charge >= 0.3 is 12.1 Å². The maximum atomic E-state index is 12.5. The van der Waals surface area contributed by atoms with Crippen molar-refractivity contribution in [1.29, 1.82) is 0 Å². The molecule has 0 radical (unpaired) electrons. The third-order valence-electron chi connectivity index (χ3n) is 4.68. The molecule has 0 spiro atoms. The van der Waals surface area contributed by atoms with E-state index in [1.807, 2.05) is 54.6 Å². The van der Waals surface area contributed by atoms with Gasteiger partial charge in [0.25, 0.3) is 5.56 Å². The van der Waals surface area contributed by atoms with E-state index in [9.17, 15) is 19.5 Å². The van der Waals surface area contributed by atoms with E-state index in [-0.39, 0.29) is 18.1 Å². The molecule has 0 saturated carbocycles. The molecule has 4 aromatic rings. The van der Waals surface area contributed by atoms with Crippen LogP contribution in [0.3, 0.4) is 0 Å². The van der Waals surface area contributed by atoms with Crippen LogP contribution in [0.4, 0.5) is 10.5 Å². The molecule has 10 heteroatoms. The molecule has 0 atom stereocenters. The first-order valence-electron chi connectivity index (χ1n) is 9.65. The molecule has 0 aliphatic rings. The Morgan fingerprint density at radius 2 is 1.79 bits per heavy atom. The minimum Gasteiger partial charge on any atom is -0.501 e. The zero-order chi connectivity index (χ0) is 23.4. The lowest BCUT2D eigenvalue weighted by molar-refractivity contribution is 0.0686. The predicted octanol–water partition coefficient (Wildman–Crippen LogP) is 4.32. The predicted molar refractivity (Wildman–Crippen MR) is 122 cm³/mol. The molecule has 2 aromatic carbocycles. The molecule has 2 heterocycles. The van der Waals surface area contributed by atoms with Crippen molar-refractivity contribution in [3.05, 3.63) is 87.7 Å². The van der Waals surface area contributed by atoms with Gasteiger partial charge in [0, 0.05) is 0 Å². The highest BCUT2D eigenvalue weighted by atomic mass is 32.1. The van der Waals surface area contributed by atoms with Crippen molar-refractivity contribution >= 4 is 29.1 Å². The van der Waals surface area contributed by atoms with E-state index in [0.29, 0.717) is 4.88 Å². The number of hydrogen-bond acceptors (Lipinski definition) is 7. The van der Waals surface area contributed by atoms with Crippen LogP contribution < -0.4 is 10.9 Å². The van der Waals surface area contributed by atoms with Crippen molar-refractivity contribution in [2.75, 3.05) is 5.32 Å². The number of anilines is 1. The number of carbonyl (C=O) groups is 2. The topological polar surface area (TPSA) is 142 Å². The maximum absolute atomic E-state index is 12.5. The number of carboxylic acids is 1. The molecule has 0 aliphatic heterocycles. The Morgan fingerprint density at radius 3 is 2.55 bits per heavy atom. The number of ether oxygens (including phenoxy) is 1. The SMILES string of the molecule is O=C(Nc1ccsc1-c1nc(C(=O)O)c(O)c(=O)[nH]1)OCc1ccccc1-c1ccccc1. The Bertz CT molecular complexity index is 1380. The van der Waals surface area contributed by atoms with E-state index in [4.69, 9.17) is 9.84 Å². The van der Waals surface area contributed by atoms with Crippen LogP contribution in [0.2, 0.25) is 0 Å². The largest absolute Gasteiger partial charge is 0.501 e. The monoisotopic (exact) mass is 463 g/mol. The van der Waals surface area contributed by atoms with Gasteiger partial charge in [0.1, 0.15) is 6.61 Å². The average Bonchev–Trinajstić information content (AvgIpc) is 3.28. The van der Waals surface area contributed by atoms with Gasteiger partial charge in [0.15, 0.2) is 11.5 Å². The average molecular weight is 463 g/mol. The number of carboxylic acid groups (broad SMARTS) is 1. The van der Waals surface area contributed by atoms with Gasteiger partial charge in [0.05, 0.1) is 10.6 Å². The zero-order valence-corrected chi connectivity index (χ0v) is 17.8. The highest BCUT2D eigenvalue weighted by molar-refractivity contribution is 7.14. The molecule has 2 aromatic heterocycles. The number of H-pyrrole nitrogens is 1. The highest BCUT2D eigenvalue weighted by Crippen LogP contribution is 2.32. The Labute approximate surface area is 191 Å². The van der Waals surface area contributed by atoms with Gasteiger partial charge in [-0.2, -0.15) is 0 Å². The van der Waals surface area contributed by atoms with Crippen LogP contribution in [-0.2, 0) is 11.3 Å². The fraction of sp³-hybridized carbons (Fsp3) is 0.0435. The molecular formula is C23H17N3O6S. The molecule has 4 N–H and O–H groups in total. The lowest BCUT2D eigenvalue weighted by Gasteiger charge is -2.11. The smallest absolute Gasteiger partial charge is 0.412 e. The molecular weight excluding hydrogens is 446 g/mol. The van der Waals surface area contributed by atoms with E-state index in [1.54, 1.807) is 11.4 Å². The summed E-state index contributed by atoms with van der Waals surface area (Å²) in [6.45, 7) is 0.0217. The Kier molecular flexibility index (Phi) is 6.18. The van der Waals surface area contributed by atoms with Crippen molar-refractivity contribution in [2.24, 2.45) is 0 Å². The second kappa shape index (κ2) is 9.37. The molecule has 4 rings (SSSR count). The van der Waals surface area contributed by atoms with Crippen LogP contribution in [0.1, 0.15) is 16.1 Å². The first kappa shape index (κ1) is 21.8. The molecule has 0 bridgehead atoms. The third kappa shape index (κ3) is 4.75. The Hall–Kier alpha value is -4.44. The number of hydrogen-bond donors (Lipinski definition) is 4. The number of thiophene rings is 1. The molecule has 33 heavy (non-hydrogen) atoms. The van der Waals surface area contributed by atoms with Gasteiger partial charge in [-0.15, -0.1) is 11.3 Å². The Morgan fingerprint density at radius 1 is 1.06 bits per heavy atom. The third-order valence-corrected chi connectivity index (χ3v) is 5.60.